The summed E-state index contributed by atoms with van der Waals surface area (Å²) in [7, 11) is 1.68. The number of nitrogens with zero attached hydrogens (tertiary/aromatic N) is 7. The number of rotatable bonds is 8. The molecule has 0 aromatic carbocycles. The van der Waals surface area contributed by atoms with E-state index in [-0.39, 0.29) is 18.1 Å². The highest BCUT2D eigenvalue weighted by Crippen LogP contribution is 2.23. The maximum atomic E-state index is 15.0. The summed E-state index contributed by atoms with van der Waals surface area (Å²) in [6.07, 6.45) is 4.63. The lowest BCUT2D eigenvalue weighted by Crippen LogP contribution is -2.25. The quantitative estimate of drug-likeness (QED) is 0.195. The van der Waals surface area contributed by atoms with E-state index < -0.39 is 17.7 Å². The smallest absolute Gasteiger partial charge is 0.273 e. The van der Waals surface area contributed by atoms with Gasteiger partial charge in [-0.15, -0.1) is 0 Å². The van der Waals surface area contributed by atoms with E-state index in [1.165, 1.54) is 29.9 Å². The van der Waals surface area contributed by atoms with Crippen LogP contribution in [0.3, 0.4) is 0 Å². The van der Waals surface area contributed by atoms with Gasteiger partial charge in [-0.05, 0) is 55.2 Å². The van der Waals surface area contributed by atoms with Crippen LogP contribution < -0.4 is 10.6 Å². The molecule has 0 saturated heterocycles. The van der Waals surface area contributed by atoms with Crippen molar-refractivity contribution in [1.29, 1.82) is 0 Å². The number of aliphatic imine (C=N–C) groups is 1. The molecule has 0 saturated carbocycles. The molecule has 0 atom stereocenters. The average molecular weight is 572 g/mol. The largest absolute Gasteiger partial charge is 0.346 e. The van der Waals surface area contributed by atoms with Gasteiger partial charge in [0, 0.05) is 66.8 Å². The van der Waals surface area contributed by atoms with Crippen molar-refractivity contribution in [3.05, 3.63) is 94.1 Å². The van der Waals surface area contributed by atoms with Gasteiger partial charge in [0.05, 0.1) is 10.6 Å². The molecule has 10 nitrogen and oxygen atoms in total. The highest BCUT2D eigenvalue weighted by atomic mass is 32.1. The number of aryl methyl sites for hydroxylation is 2. The third-order valence-electron chi connectivity index (χ3n) is 5.82. The molecule has 0 aliphatic carbocycles. The predicted molar refractivity (Wildman–Crippen MR) is 152 cm³/mol. The van der Waals surface area contributed by atoms with E-state index >= 15 is 0 Å². The first kappa shape index (κ1) is 27.5. The number of aromatic nitrogens is 6. The van der Waals surface area contributed by atoms with Crippen LogP contribution in [-0.2, 0) is 6.54 Å². The molecule has 5 aromatic heterocycles. The van der Waals surface area contributed by atoms with Crippen LogP contribution in [0.2, 0.25) is 0 Å². The Bertz CT molecular complexity index is 1760. The molecule has 0 aliphatic heterocycles. The lowest BCUT2D eigenvalue weighted by molar-refractivity contribution is 0.0941. The van der Waals surface area contributed by atoms with Crippen molar-refractivity contribution < 1.29 is 13.6 Å². The number of hydrogen-bond acceptors (Lipinski definition) is 10. The molecule has 0 unspecified atom stereocenters. The molecular formula is C28H23F2N9OS. The van der Waals surface area contributed by atoms with Crippen LogP contribution in [-0.4, -0.2) is 48.5 Å². The molecule has 0 radical (unpaired) electrons. The highest BCUT2D eigenvalue weighted by Gasteiger charge is 2.17. The molecule has 5 rings (SSSR count). The van der Waals surface area contributed by atoms with E-state index in [0.717, 1.165) is 4.88 Å². The fourth-order valence-electron chi connectivity index (χ4n) is 3.91. The first-order chi connectivity index (χ1) is 19.8. The summed E-state index contributed by atoms with van der Waals surface area (Å²) >= 11 is 1.29. The molecule has 206 valence electrons. The number of nitrogens with one attached hydrogen (secondary N) is 2. The number of carbonyl (C=O) groups is 1. The van der Waals surface area contributed by atoms with Gasteiger partial charge in [0.25, 0.3) is 5.91 Å². The van der Waals surface area contributed by atoms with Crippen molar-refractivity contribution in [3.8, 4) is 22.6 Å². The lowest BCUT2D eigenvalue weighted by atomic mass is 10.1. The number of amides is 1. The van der Waals surface area contributed by atoms with Gasteiger partial charge in [-0.1, -0.05) is 6.07 Å². The van der Waals surface area contributed by atoms with Crippen molar-refractivity contribution in [2.24, 2.45) is 4.99 Å². The van der Waals surface area contributed by atoms with Gasteiger partial charge in [0.15, 0.2) is 17.3 Å². The summed E-state index contributed by atoms with van der Waals surface area (Å²) in [5, 5.41) is 5.76. The van der Waals surface area contributed by atoms with Crippen molar-refractivity contribution in [2.75, 3.05) is 12.4 Å². The molecular weight excluding hydrogens is 548 g/mol. The Kier molecular flexibility index (Phi) is 8.06. The fraction of sp³-hybridized carbons (Fsp3) is 0.143. The molecule has 5 aromatic rings. The van der Waals surface area contributed by atoms with Crippen LogP contribution in [0.5, 0.6) is 0 Å². The average Bonchev–Trinajstić information content (AvgIpc) is 3.38. The first-order valence-corrected chi connectivity index (χ1v) is 13.1. The minimum Gasteiger partial charge on any atom is -0.346 e. The standard InChI is InChI=1S/C28H23F2N9OS/c1-15-8-24(37-25-10-19(14-31-3)41-39-25)38-27(35-15)18-9-21(29)26(33-13-18)28(40)34-12-17-4-6-22(32-11-17)20-5-7-23(30)36-16(20)2/h4-11,13-14H,12H2,1-3H3,(H,34,40)(H,35,37,38,39). The van der Waals surface area contributed by atoms with Crippen molar-refractivity contribution in [1.82, 2.24) is 34.6 Å². The predicted octanol–water partition coefficient (Wildman–Crippen LogP) is 5.07. The molecule has 5 heterocycles. The minimum atomic E-state index is -0.810. The summed E-state index contributed by atoms with van der Waals surface area (Å²) in [5.74, 6) is -0.733. The van der Waals surface area contributed by atoms with Gasteiger partial charge in [0.1, 0.15) is 11.6 Å². The zero-order chi connectivity index (χ0) is 28.9. The van der Waals surface area contributed by atoms with Gasteiger partial charge in [-0.2, -0.15) is 8.76 Å². The summed E-state index contributed by atoms with van der Waals surface area (Å²) in [6.45, 7) is 3.59. The maximum absolute atomic E-state index is 15.0. The van der Waals surface area contributed by atoms with Crippen molar-refractivity contribution in [2.45, 2.75) is 20.4 Å². The number of anilines is 2. The van der Waals surface area contributed by atoms with Crippen LogP contribution in [0.15, 0.2) is 59.9 Å². The Hall–Kier alpha value is -5.04. The zero-order valence-electron chi connectivity index (χ0n) is 22.2. The Morgan fingerprint density at radius 3 is 2.59 bits per heavy atom. The Balaban J connectivity index is 1.26. The topological polar surface area (TPSA) is 131 Å². The molecule has 41 heavy (non-hydrogen) atoms. The van der Waals surface area contributed by atoms with E-state index in [9.17, 15) is 13.6 Å². The summed E-state index contributed by atoms with van der Waals surface area (Å²) in [6, 6.07) is 11.1. The molecule has 1 amide bonds. The third kappa shape index (κ3) is 6.58. The summed E-state index contributed by atoms with van der Waals surface area (Å²) in [5.41, 5.74) is 3.13. The number of halogens is 2. The second-order valence-electron chi connectivity index (χ2n) is 8.90. The van der Waals surface area contributed by atoms with E-state index in [4.69, 9.17) is 0 Å². The summed E-state index contributed by atoms with van der Waals surface area (Å²) in [4.78, 5) is 38.6. The van der Waals surface area contributed by atoms with Crippen LogP contribution in [0.4, 0.5) is 20.4 Å². The van der Waals surface area contributed by atoms with Gasteiger partial charge in [-0.25, -0.2) is 24.3 Å². The number of hydrogen-bond donors (Lipinski definition) is 2. The molecule has 0 bridgehead atoms. The van der Waals surface area contributed by atoms with Gasteiger partial charge >= 0.3 is 0 Å². The molecule has 2 N–H and O–H groups in total. The molecule has 13 heteroatoms. The SMILES string of the molecule is CN=Cc1cc(Nc2cc(C)nc(-c3cnc(C(=O)NCc4ccc(-c5ccc(F)nc5C)nc4)c(F)c3)n2)ns1. The van der Waals surface area contributed by atoms with Crippen LogP contribution >= 0.6 is 11.5 Å². The maximum Gasteiger partial charge on any atom is 0.273 e. The van der Waals surface area contributed by atoms with Crippen LogP contribution in [0, 0.1) is 25.6 Å². The van der Waals surface area contributed by atoms with E-state index in [1.807, 2.05) is 6.07 Å². The first-order valence-electron chi connectivity index (χ1n) is 12.3. The third-order valence-corrected chi connectivity index (χ3v) is 6.54. The Labute approximate surface area is 237 Å². The lowest BCUT2D eigenvalue weighted by Gasteiger charge is -2.09. The van der Waals surface area contributed by atoms with Crippen molar-refractivity contribution in [3.63, 3.8) is 0 Å². The van der Waals surface area contributed by atoms with Crippen LogP contribution in [0.1, 0.15) is 32.3 Å². The number of pyridine rings is 3. The van der Waals surface area contributed by atoms with E-state index in [2.05, 4.69) is 44.9 Å². The summed E-state index contributed by atoms with van der Waals surface area (Å²) < 4.78 is 32.6. The monoisotopic (exact) mass is 571 g/mol. The second kappa shape index (κ2) is 12.0. The fourth-order valence-corrected chi connectivity index (χ4v) is 4.53. The van der Waals surface area contributed by atoms with Gasteiger partial charge in [-0.3, -0.25) is 14.8 Å². The van der Waals surface area contributed by atoms with Gasteiger partial charge < -0.3 is 10.6 Å². The number of carbonyl (C=O) groups excluding carboxylic acids is 1. The Morgan fingerprint density at radius 1 is 1.00 bits per heavy atom. The molecule has 0 spiro atoms. The minimum absolute atomic E-state index is 0.105. The van der Waals surface area contributed by atoms with E-state index in [0.29, 0.717) is 45.4 Å². The molecule has 0 aliphatic rings. The van der Waals surface area contributed by atoms with Gasteiger partial charge in [0.2, 0.25) is 5.95 Å². The van der Waals surface area contributed by atoms with Crippen molar-refractivity contribution >= 4 is 35.3 Å². The second-order valence-corrected chi connectivity index (χ2v) is 9.74. The van der Waals surface area contributed by atoms with Crippen LogP contribution in [0.25, 0.3) is 22.6 Å². The van der Waals surface area contributed by atoms with E-state index in [1.54, 1.807) is 57.6 Å². The normalized spacial score (nSPS) is 11.1. The molecule has 0 fully saturated rings. The Morgan fingerprint density at radius 2 is 1.85 bits per heavy atom. The highest BCUT2D eigenvalue weighted by molar-refractivity contribution is 7.08. The zero-order valence-corrected chi connectivity index (χ0v) is 23.0.